The van der Waals surface area contributed by atoms with Crippen LogP contribution in [-0.2, 0) is 21.2 Å². The van der Waals surface area contributed by atoms with E-state index in [1.165, 1.54) is 30.7 Å². The average molecular weight is 443 g/mol. The lowest BCUT2D eigenvalue weighted by Crippen LogP contribution is -2.48. The van der Waals surface area contributed by atoms with Crippen molar-refractivity contribution in [2.45, 2.75) is 39.3 Å². The summed E-state index contributed by atoms with van der Waals surface area (Å²) in [6.07, 6.45) is 1.97. The van der Waals surface area contributed by atoms with Gasteiger partial charge in [-0.1, -0.05) is 54.4 Å². The largest absolute Gasteiger partial charge is 0.348 e. The average Bonchev–Trinajstić information content (AvgIpc) is 2.59. The van der Waals surface area contributed by atoms with E-state index in [0.717, 1.165) is 22.5 Å². The number of carbonyl (C=O) groups is 1. The Bertz CT molecular complexity index is 926. The van der Waals surface area contributed by atoms with Crippen LogP contribution in [0.1, 0.15) is 37.9 Å². The fourth-order valence-corrected chi connectivity index (χ4v) is 4.61. The molecule has 0 saturated heterocycles. The van der Waals surface area contributed by atoms with Gasteiger partial charge in [0.2, 0.25) is 15.9 Å². The molecular formula is C20H24Cl2N2O3S. The lowest BCUT2D eigenvalue weighted by atomic mass is 10.0. The molecule has 1 amide bonds. The number of halogens is 2. The predicted octanol–water partition coefficient (Wildman–Crippen LogP) is 4.59. The maximum atomic E-state index is 12.8. The van der Waals surface area contributed by atoms with Crippen LogP contribution in [0.25, 0.3) is 0 Å². The molecule has 0 bridgehead atoms. The molecule has 0 saturated carbocycles. The number of nitrogens with zero attached hydrogens (tertiary/aromatic N) is 1. The lowest BCUT2D eigenvalue weighted by molar-refractivity contribution is -0.122. The van der Waals surface area contributed by atoms with Gasteiger partial charge in [-0.2, -0.15) is 0 Å². The van der Waals surface area contributed by atoms with Crippen LogP contribution in [0.4, 0.5) is 5.69 Å². The third-order valence-corrected chi connectivity index (χ3v) is 6.12. The summed E-state index contributed by atoms with van der Waals surface area (Å²) in [7, 11) is -3.75. The van der Waals surface area contributed by atoms with Gasteiger partial charge in [0, 0.05) is 10.0 Å². The highest BCUT2D eigenvalue weighted by molar-refractivity contribution is 7.92. The van der Waals surface area contributed by atoms with Crippen molar-refractivity contribution in [3.05, 3.63) is 63.6 Å². The Kier molecular flexibility index (Phi) is 7.37. The number of hydrogen-bond acceptors (Lipinski definition) is 3. The van der Waals surface area contributed by atoms with Crippen molar-refractivity contribution >= 4 is 44.8 Å². The summed E-state index contributed by atoms with van der Waals surface area (Å²) in [5.74, 6) is -0.423. The van der Waals surface area contributed by atoms with Crippen molar-refractivity contribution < 1.29 is 13.2 Å². The van der Waals surface area contributed by atoms with Crippen LogP contribution in [0.3, 0.4) is 0 Å². The first-order chi connectivity index (χ1) is 13.0. The van der Waals surface area contributed by atoms with Gasteiger partial charge in [0.15, 0.2) is 0 Å². The number of rotatable bonds is 7. The molecule has 5 nitrogen and oxygen atoms in total. The molecule has 28 heavy (non-hydrogen) atoms. The van der Waals surface area contributed by atoms with Crippen LogP contribution in [0.5, 0.6) is 0 Å². The molecule has 0 radical (unpaired) electrons. The fourth-order valence-electron chi connectivity index (χ4n) is 2.93. The number of amides is 1. The summed E-state index contributed by atoms with van der Waals surface area (Å²) >= 11 is 12.0. The molecule has 0 heterocycles. The van der Waals surface area contributed by atoms with E-state index in [0.29, 0.717) is 0 Å². The molecule has 8 heteroatoms. The van der Waals surface area contributed by atoms with Crippen molar-refractivity contribution in [2.24, 2.45) is 0 Å². The van der Waals surface area contributed by atoms with E-state index in [9.17, 15) is 13.2 Å². The zero-order valence-corrected chi connectivity index (χ0v) is 18.6. The molecule has 1 N–H and O–H groups in total. The fraction of sp³-hybridized carbons (Fsp3) is 0.350. The molecule has 2 rings (SSSR count). The van der Waals surface area contributed by atoms with Gasteiger partial charge in [0.1, 0.15) is 6.04 Å². The maximum Gasteiger partial charge on any atom is 0.244 e. The van der Waals surface area contributed by atoms with E-state index in [1.54, 1.807) is 0 Å². The molecule has 0 spiro atoms. The van der Waals surface area contributed by atoms with Gasteiger partial charge in [-0.05, 0) is 49.6 Å². The Morgan fingerprint density at radius 1 is 1.07 bits per heavy atom. The summed E-state index contributed by atoms with van der Waals surface area (Å²) in [5.41, 5.74) is 2.38. The van der Waals surface area contributed by atoms with E-state index in [1.807, 2.05) is 31.2 Å². The van der Waals surface area contributed by atoms with Gasteiger partial charge in [0.25, 0.3) is 0 Å². The molecule has 2 aromatic rings. The Hall–Kier alpha value is -1.76. The molecule has 0 unspecified atom stereocenters. The number of anilines is 1. The third kappa shape index (κ3) is 5.63. The maximum absolute atomic E-state index is 12.8. The summed E-state index contributed by atoms with van der Waals surface area (Å²) < 4.78 is 25.8. The van der Waals surface area contributed by atoms with Crippen molar-refractivity contribution in [1.82, 2.24) is 5.32 Å². The Morgan fingerprint density at radius 3 is 2.07 bits per heavy atom. The zero-order valence-electron chi connectivity index (χ0n) is 16.2. The van der Waals surface area contributed by atoms with Crippen LogP contribution >= 0.6 is 23.2 Å². The van der Waals surface area contributed by atoms with Gasteiger partial charge in [-0.15, -0.1) is 0 Å². The van der Waals surface area contributed by atoms with Gasteiger partial charge in [-0.25, -0.2) is 8.42 Å². The summed E-state index contributed by atoms with van der Waals surface area (Å²) in [5, 5.41) is 3.44. The van der Waals surface area contributed by atoms with E-state index in [4.69, 9.17) is 23.2 Å². The molecule has 0 aliphatic heterocycles. The van der Waals surface area contributed by atoms with Gasteiger partial charge in [0.05, 0.1) is 18.0 Å². The van der Waals surface area contributed by atoms with E-state index in [-0.39, 0.29) is 21.8 Å². The van der Waals surface area contributed by atoms with E-state index in [2.05, 4.69) is 12.2 Å². The number of hydrogen-bond donors (Lipinski definition) is 1. The lowest BCUT2D eigenvalue weighted by Gasteiger charge is -2.29. The normalized spacial score (nSPS) is 13.6. The predicted molar refractivity (Wildman–Crippen MR) is 116 cm³/mol. The van der Waals surface area contributed by atoms with Gasteiger partial charge in [-0.3, -0.25) is 9.10 Å². The van der Waals surface area contributed by atoms with Crippen LogP contribution < -0.4 is 9.62 Å². The molecule has 0 aliphatic rings. The summed E-state index contributed by atoms with van der Waals surface area (Å²) in [6.45, 7) is 5.45. The SMILES string of the molecule is CCc1ccc([C@H](C)NC(=O)[C@@H](C)N(c2cc(Cl)cc(Cl)c2)S(C)(=O)=O)cc1. The van der Waals surface area contributed by atoms with Crippen LogP contribution in [0, 0.1) is 0 Å². The van der Waals surface area contributed by atoms with Crippen molar-refractivity contribution in [3.8, 4) is 0 Å². The molecule has 2 atom stereocenters. The second-order valence-corrected chi connectivity index (χ2v) is 9.42. The quantitative estimate of drug-likeness (QED) is 0.681. The highest BCUT2D eigenvalue weighted by Gasteiger charge is 2.30. The first-order valence-electron chi connectivity index (χ1n) is 8.87. The molecule has 0 aliphatic carbocycles. The Labute approximate surface area is 176 Å². The molecular weight excluding hydrogens is 419 g/mol. The van der Waals surface area contributed by atoms with E-state index >= 15 is 0 Å². The van der Waals surface area contributed by atoms with Crippen LogP contribution in [0.2, 0.25) is 10.0 Å². The number of sulfonamides is 1. The smallest absolute Gasteiger partial charge is 0.244 e. The molecule has 0 aromatic heterocycles. The van der Waals surface area contributed by atoms with E-state index < -0.39 is 22.0 Å². The molecule has 2 aromatic carbocycles. The molecule has 0 fully saturated rings. The summed E-state index contributed by atoms with van der Waals surface area (Å²) in [4.78, 5) is 12.8. The number of carbonyl (C=O) groups excluding carboxylic acids is 1. The van der Waals surface area contributed by atoms with Crippen molar-refractivity contribution in [1.29, 1.82) is 0 Å². The minimum Gasteiger partial charge on any atom is -0.348 e. The Morgan fingerprint density at radius 2 is 1.61 bits per heavy atom. The zero-order chi connectivity index (χ0) is 21.1. The number of aryl methyl sites for hydroxylation is 1. The number of nitrogens with one attached hydrogen (secondary N) is 1. The second kappa shape index (κ2) is 9.16. The highest BCUT2D eigenvalue weighted by atomic mass is 35.5. The van der Waals surface area contributed by atoms with Crippen LogP contribution in [0.15, 0.2) is 42.5 Å². The monoisotopic (exact) mass is 442 g/mol. The van der Waals surface area contributed by atoms with Gasteiger partial charge < -0.3 is 5.32 Å². The van der Waals surface area contributed by atoms with Gasteiger partial charge >= 0.3 is 0 Å². The first-order valence-corrected chi connectivity index (χ1v) is 11.5. The highest BCUT2D eigenvalue weighted by Crippen LogP contribution is 2.29. The second-order valence-electron chi connectivity index (χ2n) is 6.69. The molecule has 152 valence electrons. The topological polar surface area (TPSA) is 66.5 Å². The van der Waals surface area contributed by atoms with Crippen molar-refractivity contribution in [2.75, 3.05) is 10.6 Å². The third-order valence-electron chi connectivity index (χ3n) is 4.44. The minimum atomic E-state index is -3.75. The minimum absolute atomic E-state index is 0.239. The van der Waals surface area contributed by atoms with Crippen molar-refractivity contribution in [3.63, 3.8) is 0 Å². The standard InChI is InChI=1S/C20H24Cl2N2O3S/c1-5-15-6-8-16(9-7-15)13(2)23-20(25)14(3)24(28(4,26)27)19-11-17(21)10-18(22)12-19/h6-14H,5H2,1-4H3,(H,23,25)/t13-,14+/m0/s1. The van der Waals surface area contributed by atoms with Crippen LogP contribution in [-0.4, -0.2) is 26.6 Å². The Balaban J connectivity index is 2.25. The first kappa shape index (κ1) is 22.5. The summed E-state index contributed by atoms with van der Waals surface area (Å²) in [6, 6.07) is 11.1. The number of benzene rings is 2.